The molecular weight excluding hydrogens is 313 g/mol. The van der Waals surface area contributed by atoms with Crippen LogP contribution in [-0.2, 0) is 6.54 Å². The number of furan rings is 1. The maximum atomic E-state index is 14.7. The molecule has 130 valence electrons. The molecule has 3 heteroatoms. The first-order valence-electron chi connectivity index (χ1n) is 9.18. The lowest BCUT2D eigenvalue weighted by Crippen LogP contribution is -2.39. The molecule has 1 saturated heterocycles. The Labute approximate surface area is 148 Å². The van der Waals surface area contributed by atoms with Crippen molar-refractivity contribution in [2.24, 2.45) is 5.92 Å². The molecule has 2 aromatic carbocycles. The Hall–Kier alpha value is -2.13. The average Bonchev–Trinajstić information content (AvgIpc) is 3.11. The van der Waals surface area contributed by atoms with E-state index in [1.165, 1.54) is 5.56 Å². The molecule has 2 heterocycles. The third-order valence-electron chi connectivity index (χ3n) is 5.57. The number of nitrogens with zero attached hydrogens (tertiary/aromatic N) is 1. The maximum Gasteiger partial charge on any atom is 0.140 e. The van der Waals surface area contributed by atoms with Gasteiger partial charge in [-0.25, -0.2) is 4.39 Å². The van der Waals surface area contributed by atoms with Crippen molar-refractivity contribution in [1.82, 2.24) is 4.90 Å². The van der Waals surface area contributed by atoms with Gasteiger partial charge >= 0.3 is 0 Å². The molecule has 0 bridgehead atoms. The van der Waals surface area contributed by atoms with E-state index in [0.29, 0.717) is 5.92 Å². The lowest BCUT2D eigenvalue weighted by molar-refractivity contribution is 0.142. The Morgan fingerprint density at radius 3 is 2.76 bits per heavy atom. The largest absolute Gasteiger partial charge is 0.464 e. The monoisotopic (exact) mass is 337 g/mol. The van der Waals surface area contributed by atoms with Crippen LogP contribution in [0.15, 0.2) is 59.2 Å². The average molecular weight is 337 g/mol. The summed E-state index contributed by atoms with van der Waals surface area (Å²) in [6.07, 6.45) is 3.69. The number of benzene rings is 2. The molecule has 1 aromatic heterocycles. The summed E-state index contributed by atoms with van der Waals surface area (Å²) >= 11 is 0. The Bertz CT molecular complexity index is 842. The zero-order valence-corrected chi connectivity index (χ0v) is 14.6. The van der Waals surface area contributed by atoms with Crippen LogP contribution in [0.1, 0.15) is 36.8 Å². The number of halogens is 1. The summed E-state index contributed by atoms with van der Waals surface area (Å²) in [5.74, 6) is 0.553. The third-order valence-corrected chi connectivity index (χ3v) is 5.57. The topological polar surface area (TPSA) is 16.4 Å². The molecule has 25 heavy (non-hydrogen) atoms. The first kappa shape index (κ1) is 16.3. The summed E-state index contributed by atoms with van der Waals surface area (Å²) in [7, 11) is 0. The number of rotatable bonds is 4. The van der Waals surface area contributed by atoms with Gasteiger partial charge in [-0.05, 0) is 48.6 Å². The molecule has 2 nitrogen and oxygen atoms in total. The number of piperidine rings is 1. The smallest absolute Gasteiger partial charge is 0.140 e. The number of hydrogen-bond donors (Lipinski definition) is 0. The zero-order valence-electron chi connectivity index (χ0n) is 14.6. The molecule has 0 unspecified atom stereocenters. The molecule has 0 amide bonds. The number of hydrogen-bond acceptors (Lipinski definition) is 2. The van der Waals surface area contributed by atoms with Crippen molar-refractivity contribution in [3.8, 4) is 0 Å². The van der Waals surface area contributed by atoms with E-state index in [0.717, 1.165) is 49.0 Å². The van der Waals surface area contributed by atoms with E-state index in [9.17, 15) is 4.39 Å². The molecule has 0 spiro atoms. The summed E-state index contributed by atoms with van der Waals surface area (Å²) < 4.78 is 20.3. The summed E-state index contributed by atoms with van der Waals surface area (Å²) in [4.78, 5) is 2.50. The van der Waals surface area contributed by atoms with Crippen molar-refractivity contribution >= 4 is 11.0 Å². The van der Waals surface area contributed by atoms with Gasteiger partial charge in [0.2, 0.25) is 0 Å². The zero-order chi connectivity index (χ0) is 17.2. The first-order valence-corrected chi connectivity index (χ1v) is 9.18. The van der Waals surface area contributed by atoms with E-state index in [1.807, 2.05) is 12.1 Å². The normalized spacial score (nSPS) is 21.7. The lowest BCUT2D eigenvalue weighted by atomic mass is 9.78. The SMILES string of the molecule is CC[C@H]1CN(Cc2ccccc2)CC[C@H]1c1c(F)ccc2ccoc12. The minimum absolute atomic E-state index is 0.123. The fourth-order valence-electron chi connectivity index (χ4n) is 4.26. The highest BCUT2D eigenvalue weighted by Crippen LogP contribution is 2.40. The highest BCUT2D eigenvalue weighted by molar-refractivity contribution is 5.81. The third kappa shape index (κ3) is 3.21. The Morgan fingerprint density at radius 1 is 1.12 bits per heavy atom. The molecule has 1 aliphatic heterocycles. The highest BCUT2D eigenvalue weighted by atomic mass is 19.1. The van der Waals surface area contributed by atoms with Gasteiger partial charge in [0.1, 0.15) is 11.4 Å². The van der Waals surface area contributed by atoms with Gasteiger partial charge in [0.15, 0.2) is 0 Å². The highest BCUT2D eigenvalue weighted by Gasteiger charge is 2.32. The van der Waals surface area contributed by atoms with E-state index in [2.05, 4.69) is 42.2 Å². The van der Waals surface area contributed by atoms with Gasteiger partial charge in [-0.1, -0.05) is 43.7 Å². The van der Waals surface area contributed by atoms with Crippen LogP contribution in [0.3, 0.4) is 0 Å². The summed E-state index contributed by atoms with van der Waals surface area (Å²) in [5.41, 5.74) is 2.86. The number of fused-ring (bicyclic) bond motifs is 1. The van der Waals surface area contributed by atoms with Crippen LogP contribution in [0.2, 0.25) is 0 Å². The summed E-state index contributed by atoms with van der Waals surface area (Å²) in [6.45, 7) is 5.18. The number of likely N-dealkylation sites (tertiary alicyclic amines) is 1. The van der Waals surface area contributed by atoms with Crippen molar-refractivity contribution in [3.05, 3.63) is 71.7 Å². The van der Waals surface area contributed by atoms with E-state index >= 15 is 0 Å². The van der Waals surface area contributed by atoms with Crippen molar-refractivity contribution in [3.63, 3.8) is 0 Å². The van der Waals surface area contributed by atoms with Gasteiger partial charge in [-0.2, -0.15) is 0 Å². The molecule has 3 aromatic rings. The van der Waals surface area contributed by atoms with Gasteiger partial charge < -0.3 is 4.42 Å². The molecule has 0 aliphatic carbocycles. The fourth-order valence-corrected chi connectivity index (χ4v) is 4.26. The van der Waals surface area contributed by atoms with E-state index in [-0.39, 0.29) is 11.7 Å². The van der Waals surface area contributed by atoms with Crippen LogP contribution in [0, 0.1) is 11.7 Å². The fraction of sp³-hybridized carbons (Fsp3) is 0.364. The summed E-state index contributed by atoms with van der Waals surface area (Å²) in [6, 6.07) is 15.9. The predicted molar refractivity (Wildman–Crippen MR) is 99.0 cm³/mol. The Morgan fingerprint density at radius 2 is 1.96 bits per heavy atom. The van der Waals surface area contributed by atoms with Crippen molar-refractivity contribution in [2.45, 2.75) is 32.2 Å². The maximum absolute atomic E-state index is 14.7. The second-order valence-corrected chi connectivity index (χ2v) is 7.08. The van der Waals surface area contributed by atoms with Gasteiger partial charge in [0.25, 0.3) is 0 Å². The van der Waals surface area contributed by atoms with Crippen molar-refractivity contribution in [1.29, 1.82) is 0 Å². The van der Waals surface area contributed by atoms with E-state index in [1.54, 1.807) is 12.3 Å². The molecule has 0 radical (unpaired) electrons. The first-order chi connectivity index (χ1) is 12.3. The second kappa shape index (κ2) is 7.01. The van der Waals surface area contributed by atoms with Crippen molar-refractivity contribution in [2.75, 3.05) is 13.1 Å². The lowest BCUT2D eigenvalue weighted by Gasteiger charge is -2.38. The predicted octanol–water partition coefficient (Wildman–Crippen LogP) is 5.59. The molecule has 4 rings (SSSR count). The Kier molecular flexibility index (Phi) is 4.58. The van der Waals surface area contributed by atoms with Crippen LogP contribution in [0.4, 0.5) is 4.39 Å². The van der Waals surface area contributed by atoms with Crippen LogP contribution < -0.4 is 0 Å². The second-order valence-electron chi connectivity index (χ2n) is 7.08. The Balaban J connectivity index is 1.58. The van der Waals surface area contributed by atoms with Crippen molar-refractivity contribution < 1.29 is 8.81 Å². The molecular formula is C22H24FNO. The minimum Gasteiger partial charge on any atom is -0.464 e. The standard InChI is InChI=1S/C22H24FNO/c1-2-17-15-24(14-16-6-4-3-5-7-16)12-10-19(17)21-20(23)9-8-18-11-13-25-22(18)21/h3-9,11,13,17,19H,2,10,12,14-15H2,1H3/t17-,19+/m0/s1. The van der Waals surface area contributed by atoms with E-state index < -0.39 is 0 Å². The van der Waals surface area contributed by atoms with Gasteiger partial charge in [0, 0.05) is 24.0 Å². The van der Waals surface area contributed by atoms with Crippen LogP contribution in [0.5, 0.6) is 0 Å². The molecule has 2 atom stereocenters. The van der Waals surface area contributed by atoms with Gasteiger partial charge in [0.05, 0.1) is 6.26 Å². The van der Waals surface area contributed by atoms with Crippen LogP contribution >= 0.6 is 0 Å². The molecule has 1 aliphatic rings. The summed E-state index contributed by atoms with van der Waals surface area (Å²) in [5, 5.41) is 0.998. The minimum atomic E-state index is -0.123. The van der Waals surface area contributed by atoms with E-state index in [4.69, 9.17) is 4.42 Å². The van der Waals surface area contributed by atoms with Crippen LogP contribution in [-0.4, -0.2) is 18.0 Å². The van der Waals surface area contributed by atoms with Gasteiger partial charge in [-0.15, -0.1) is 0 Å². The molecule has 1 fully saturated rings. The van der Waals surface area contributed by atoms with Gasteiger partial charge in [-0.3, -0.25) is 4.90 Å². The quantitative estimate of drug-likeness (QED) is 0.617. The molecule has 0 saturated carbocycles. The molecule has 0 N–H and O–H groups in total. The van der Waals surface area contributed by atoms with Crippen LogP contribution in [0.25, 0.3) is 11.0 Å².